The van der Waals surface area contributed by atoms with Gasteiger partial charge in [0.1, 0.15) is 6.61 Å². The van der Waals surface area contributed by atoms with Gasteiger partial charge in [-0.05, 0) is 25.7 Å². The van der Waals surface area contributed by atoms with Gasteiger partial charge in [-0.2, -0.15) is 0 Å². The Morgan fingerprint density at radius 2 is 1.57 bits per heavy atom. The highest BCUT2D eigenvalue weighted by Crippen LogP contribution is 2.35. The van der Waals surface area contributed by atoms with Crippen LogP contribution in [-0.4, -0.2) is 41.0 Å². The summed E-state index contributed by atoms with van der Waals surface area (Å²) in [6.07, 6.45) is 11.9. The van der Waals surface area contributed by atoms with Crippen LogP contribution in [0, 0.1) is 0 Å². The highest BCUT2D eigenvalue weighted by molar-refractivity contribution is 7.46. The Hall–Kier alpha value is -1.21. The summed E-state index contributed by atoms with van der Waals surface area (Å²) in [5.74, 6) is -1.00. The number of rotatable bonds is 17. The monoisotopic (exact) mass is 422 g/mol. The number of esters is 2. The van der Waals surface area contributed by atoms with Crippen molar-refractivity contribution in [3.63, 3.8) is 0 Å². The lowest BCUT2D eigenvalue weighted by atomic mass is 10.1. The largest absolute Gasteiger partial charge is 0.469 e. The fourth-order valence-electron chi connectivity index (χ4n) is 2.29. The zero-order valence-corrected chi connectivity index (χ0v) is 17.9. The van der Waals surface area contributed by atoms with Gasteiger partial charge >= 0.3 is 19.8 Å². The van der Waals surface area contributed by atoms with Gasteiger partial charge in [0.25, 0.3) is 0 Å². The molecule has 0 unspecified atom stereocenters. The van der Waals surface area contributed by atoms with Crippen molar-refractivity contribution in [2.45, 2.75) is 84.2 Å². The topological polar surface area (TPSA) is 119 Å². The van der Waals surface area contributed by atoms with Crippen LogP contribution < -0.4 is 0 Å². The zero-order valence-electron chi connectivity index (χ0n) is 17.0. The van der Waals surface area contributed by atoms with Gasteiger partial charge in [-0.1, -0.05) is 51.7 Å². The van der Waals surface area contributed by atoms with E-state index in [0.717, 1.165) is 38.5 Å². The van der Waals surface area contributed by atoms with Crippen LogP contribution in [0.15, 0.2) is 12.2 Å². The number of ether oxygens (including phenoxy) is 2. The third-order valence-electron chi connectivity index (χ3n) is 3.82. The first-order valence-corrected chi connectivity index (χ1v) is 11.5. The Balaban J connectivity index is 4.01. The lowest BCUT2D eigenvalue weighted by molar-refractivity contribution is -0.161. The predicted octanol–water partition coefficient (Wildman–Crippen LogP) is 4.05. The van der Waals surface area contributed by atoms with E-state index in [9.17, 15) is 14.2 Å². The number of carbonyl (C=O) groups is 2. The second kappa shape index (κ2) is 16.7. The van der Waals surface area contributed by atoms with Gasteiger partial charge in [0.05, 0.1) is 6.61 Å². The van der Waals surface area contributed by atoms with Crippen molar-refractivity contribution in [3.8, 4) is 0 Å². The van der Waals surface area contributed by atoms with Crippen LogP contribution in [0.3, 0.4) is 0 Å². The second-order valence-corrected chi connectivity index (χ2v) is 7.74. The molecule has 0 rings (SSSR count). The molecule has 8 nitrogen and oxygen atoms in total. The molecule has 0 saturated heterocycles. The van der Waals surface area contributed by atoms with E-state index in [-0.39, 0.29) is 19.4 Å². The molecule has 28 heavy (non-hydrogen) atoms. The third kappa shape index (κ3) is 18.2. The predicted molar refractivity (Wildman–Crippen MR) is 105 cm³/mol. The Labute approximate surface area is 167 Å². The summed E-state index contributed by atoms with van der Waals surface area (Å²) in [5.41, 5.74) is 0. The van der Waals surface area contributed by atoms with E-state index in [1.54, 1.807) is 6.92 Å². The van der Waals surface area contributed by atoms with Crippen LogP contribution in [0.1, 0.15) is 78.1 Å². The molecule has 0 aliphatic carbocycles. The maximum atomic E-state index is 11.9. The van der Waals surface area contributed by atoms with Gasteiger partial charge in [-0.15, -0.1) is 0 Å². The lowest BCUT2D eigenvalue weighted by Crippen LogP contribution is -2.29. The lowest BCUT2D eigenvalue weighted by Gasteiger charge is -2.18. The minimum Gasteiger partial charge on any atom is -0.462 e. The van der Waals surface area contributed by atoms with Crippen LogP contribution in [-0.2, 0) is 28.2 Å². The summed E-state index contributed by atoms with van der Waals surface area (Å²) in [6, 6.07) is 0. The molecular formula is C19H35O8P. The van der Waals surface area contributed by atoms with E-state index in [1.165, 1.54) is 6.42 Å². The number of hydrogen-bond donors (Lipinski definition) is 2. The van der Waals surface area contributed by atoms with Gasteiger partial charge in [0.15, 0.2) is 6.10 Å². The van der Waals surface area contributed by atoms with E-state index in [2.05, 4.69) is 23.6 Å². The standard InChI is InChI=1S/C19H35O8P/c1-3-5-6-7-8-9-10-11-12-13-14-19(21)27-17(15-25-18(20)4-2)16-26-28(22,23)24/h6-7,17H,3-5,8-16H2,1-2H3,(H2,22,23,24)/b7-6-/t17-/m0/s1. The molecule has 0 aromatic carbocycles. The van der Waals surface area contributed by atoms with E-state index in [1.807, 2.05) is 0 Å². The van der Waals surface area contributed by atoms with Gasteiger partial charge in [-0.3, -0.25) is 14.1 Å². The van der Waals surface area contributed by atoms with Crippen LogP contribution in [0.4, 0.5) is 0 Å². The van der Waals surface area contributed by atoms with Gasteiger partial charge in [0, 0.05) is 12.8 Å². The summed E-state index contributed by atoms with van der Waals surface area (Å²) in [7, 11) is -4.70. The molecule has 0 radical (unpaired) electrons. The molecule has 0 fully saturated rings. The number of carbonyl (C=O) groups excluding carboxylic acids is 2. The highest BCUT2D eigenvalue weighted by atomic mass is 31.2. The molecular weight excluding hydrogens is 387 g/mol. The first-order valence-electron chi connectivity index (χ1n) is 9.98. The molecule has 164 valence electrons. The normalized spacial score (nSPS) is 12.9. The van der Waals surface area contributed by atoms with Crippen molar-refractivity contribution in [2.75, 3.05) is 13.2 Å². The molecule has 0 aromatic rings. The number of unbranched alkanes of at least 4 members (excludes halogenated alkanes) is 6. The average molecular weight is 422 g/mol. The SMILES string of the molecule is CCC/C=C\CCCCCCCC(=O)O[C@@H](COC(=O)CC)COP(=O)(O)O. The third-order valence-corrected chi connectivity index (χ3v) is 4.30. The number of phosphoric acid groups is 1. The van der Waals surface area contributed by atoms with Crippen LogP contribution in [0.5, 0.6) is 0 Å². The molecule has 0 saturated carbocycles. The van der Waals surface area contributed by atoms with E-state index in [0.29, 0.717) is 6.42 Å². The summed E-state index contributed by atoms with van der Waals surface area (Å²) in [5, 5.41) is 0. The van der Waals surface area contributed by atoms with Gasteiger partial charge in [0.2, 0.25) is 0 Å². The number of hydrogen-bond acceptors (Lipinski definition) is 6. The smallest absolute Gasteiger partial charge is 0.462 e. The van der Waals surface area contributed by atoms with Crippen molar-refractivity contribution in [3.05, 3.63) is 12.2 Å². The molecule has 1 atom stereocenters. The number of phosphoric ester groups is 1. The van der Waals surface area contributed by atoms with Gasteiger partial charge < -0.3 is 19.3 Å². The fourth-order valence-corrected chi connectivity index (χ4v) is 2.65. The minimum absolute atomic E-state index is 0.147. The summed E-state index contributed by atoms with van der Waals surface area (Å²) in [4.78, 5) is 40.6. The molecule has 0 aliphatic rings. The van der Waals surface area contributed by atoms with Crippen LogP contribution >= 0.6 is 7.82 Å². The van der Waals surface area contributed by atoms with Crippen LogP contribution in [0.25, 0.3) is 0 Å². The maximum Gasteiger partial charge on any atom is 0.469 e. The van der Waals surface area contributed by atoms with E-state index >= 15 is 0 Å². The van der Waals surface area contributed by atoms with Crippen molar-refractivity contribution in [2.24, 2.45) is 0 Å². The summed E-state index contributed by atoms with van der Waals surface area (Å²) >= 11 is 0. The summed E-state index contributed by atoms with van der Waals surface area (Å²) < 4.78 is 25.2. The molecule has 0 amide bonds. The van der Waals surface area contributed by atoms with Crippen molar-refractivity contribution < 1.29 is 37.9 Å². The fraction of sp³-hybridized carbons (Fsp3) is 0.789. The maximum absolute atomic E-state index is 11.9. The van der Waals surface area contributed by atoms with Crippen molar-refractivity contribution in [1.29, 1.82) is 0 Å². The number of allylic oxidation sites excluding steroid dienone is 2. The van der Waals surface area contributed by atoms with Crippen molar-refractivity contribution >= 4 is 19.8 Å². The Bertz CT molecular complexity index is 500. The van der Waals surface area contributed by atoms with Gasteiger partial charge in [-0.25, -0.2) is 4.57 Å². The molecule has 0 bridgehead atoms. The molecule has 0 spiro atoms. The highest BCUT2D eigenvalue weighted by Gasteiger charge is 2.22. The van der Waals surface area contributed by atoms with E-state index < -0.39 is 32.5 Å². The first kappa shape index (κ1) is 26.8. The summed E-state index contributed by atoms with van der Waals surface area (Å²) in [6.45, 7) is 2.92. The quantitative estimate of drug-likeness (QED) is 0.156. The second-order valence-electron chi connectivity index (χ2n) is 6.50. The molecule has 0 aliphatic heterocycles. The van der Waals surface area contributed by atoms with E-state index in [4.69, 9.17) is 19.3 Å². The molecule has 9 heteroatoms. The minimum atomic E-state index is -4.70. The van der Waals surface area contributed by atoms with Crippen LogP contribution in [0.2, 0.25) is 0 Å². The Kier molecular flexibility index (Phi) is 16.0. The average Bonchev–Trinajstić information content (AvgIpc) is 2.64. The first-order chi connectivity index (χ1) is 13.3. The molecule has 2 N–H and O–H groups in total. The zero-order chi connectivity index (χ0) is 21.3. The Morgan fingerprint density at radius 1 is 0.929 bits per heavy atom. The molecule has 0 aromatic heterocycles. The van der Waals surface area contributed by atoms with Crippen molar-refractivity contribution in [1.82, 2.24) is 0 Å². The molecule has 0 heterocycles. The Morgan fingerprint density at radius 3 is 2.21 bits per heavy atom.